The van der Waals surface area contributed by atoms with Crippen LogP contribution in [-0.4, -0.2) is 32.4 Å². The smallest absolute Gasteiger partial charge is 0.127 e. The van der Waals surface area contributed by atoms with Gasteiger partial charge in [0.1, 0.15) is 22.8 Å². The van der Waals surface area contributed by atoms with Crippen LogP contribution in [0.3, 0.4) is 0 Å². The third-order valence-electron chi connectivity index (χ3n) is 3.17. The van der Waals surface area contributed by atoms with E-state index >= 15 is 0 Å². The number of ether oxygens (including phenoxy) is 3. The maximum atomic E-state index is 9.29. The average Bonchev–Trinajstić information content (AvgIpc) is 2.46. The van der Waals surface area contributed by atoms with Crippen LogP contribution in [0.4, 0.5) is 0 Å². The fourth-order valence-electron chi connectivity index (χ4n) is 2.25. The summed E-state index contributed by atoms with van der Waals surface area (Å²) in [5, 5.41) is 12.5. The molecule has 0 saturated carbocycles. The zero-order valence-corrected chi connectivity index (χ0v) is 13.4. The topological polar surface area (TPSA) is 63.5 Å². The van der Waals surface area contributed by atoms with Crippen molar-refractivity contribution in [2.45, 2.75) is 38.8 Å². The number of nitrogens with one attached hydrogen (secondary N) is 1. The minimum Gasteiger partial charge on any atom is -0.496 e. The maximum Gasteiger partial charge on any atom is 0.127 e. The van der Waals surface area contributed by atoms with Gasteiger partial charge in [-0.1, -0.05) is 6.92 Å². The lowest BCUT2D eigenvalue weighted by molar-refractivity contribution is 0.179. The van der Waals surface area contributed by atoms with Crippen LogP contribution in [0.2, 0.25) is 0 Å². The summed E-state index contributed by atoms with van der Waals surface area (Å²) in [5.41, 5.74) is -0.600. The van der Waals surface area contributed by atoms with Gasteiger partial charge in [0, 0.05) is 24.6 Å². The molecule has 0 aromatic heterocycles. The van der Waals surface area contributed by atoms with Crippen molar-refractivity contribution in [2.24, 2.45) is 0 Å². The molecular formula is C16H24N2O3. The van der Waals surface area contributed by atoms with Crippen LogP contribution >= 0.6 is 0 Å². The van der Waals surface area contributed by atoms with Gasteiger partial charge in [-0.2, -0.15) is 5.26 Å². The van der Waals surface area contributed by atoms with Crippen LogP contribution in [0.1, 0.15) is 27.2 Å². The average molecular weight is 292 g/mol. The highest BCUT2D eigenvalue weighted by atomic mass is 16.5. The normalized spacial score (nSPS) is 14.7. The Balaban J connectivity index is 2.78. The molecule has 2 atom stereocenters. The summed E-state index contributed by atoms with van der Waals surface area (Å²) < 4.78 is 16.3. The van der Waals surface area contributed by atoms with Crippen LogP contribution < -0.4 is 19.5 Å². The van der Waals surface area contributed by atoms with E-state index in [9.17, 15) is 5.26 Å². The van der Waals surface area contributed by atoms with Gasteiger partial charge in [-0.15, -0.1) is 0 Å². The Kier molecular flexibility index (Phi) is 6.32. The van der Waals surface area contributed by atoms with Gasteiger partial charge in [0.25, 0.3) is 0 Å². The van der Waals surface area contributed by atoms with Gasteiger partial charge in [-0.25, -0.2) is 0 Å². The standard InChI is InChI=1S/C16H24N2O3/c1-6-18-16(3,11-17)10-12(2)21-15-8-13(19-4)7-14(9-15)20-5/h7-9,12,18H,6,10H2,1-5H3. The molecule has 1 N–H and O–H groups in total. The van der Waals surface area contributed by atoms with E-state index in [4.69, 9.17) is 14.2 Å². The van der Waals surface area contributed by atoms with E-state index in [-0.39, 0.29) is 6.10 Å². The van der Waals surface area contributed by atoms with Crippen molar-refractivity contribution >= 4 is 0 Å². The first-order chi connectivity index (χ1) is 9.96. The van der Waals surface area contributed by atoms with E-state index in [1.807, 2.05) is 20.8 Å². The minimum atomic E-state index is -0.600. The Morgan fingerprint density at radius 1 is 1.19 bits per heavy atom. The van der Waals surface area contributed by atoms with Crippen molar-refractivity contribution in [2.75, 3.05) is 20.8 Å². The molecule has 0 aliphatic rings. The van der Waals surface area contributed by atoms with Crippen LogP contribution in [0.25, 0.3) is 0 Å². The molecule has 5 heteroatoms. The summed E-state index contributed by atoms with van der Waals surface area (Å²) in [4.78, 5) is 0. The molecule has 21 heavy (non-hydrogen) atoms. The molecule has 116 valence electrons. The van der Waals surface area contributed by atoms with Gasteiger partial charge in [0.05, 0.1) is 26.4 Å². The van der Waals surface area contributed by atoms with E-state index in [1.165, 1.54) is 0 Å². The number of methoxy groups -OCH3 is 2. The maximum absolute atomic E-state index is 9.29. The second-order valence-corrected chi connectivity index (χ2v) is 5.16. The molecule has 0 radical (unpaired) electrons. The lowest BCUT2D eigenvalue weighted by Gasteiger charge is -2.26. The number of hydrogen-bond acceptors (Lipinski definition) is 5. The molecule has 1 aromatic carbocycles. The molecule has 0 heterocycles. The quantitative estimate of drug-likeness (QED) is 0.798. The van der Waals surface area contributed by atoms with Crippen LogP contribution in [0.15, 0.2) is 18.2 Å². The van der Waals surface area contributed by atoms with Crippen LogP contribution in [-0.2, 0) is 0 Å². The number of nitrogens with zero attached hydrogens (tertiary/aromatic N) is 1. The Morgan fingerprint density at radius 2 is 1.71 bits per heavy atom. The SMILES string of the molecule is CCNC(C)(C#N)CC(C)Oc1cc(OC)cc(OC)c1. The molecule has 0 amide bonds. The Morgan fingerprint density at radius 3 is 2.14 bits per heavy atom. The monoisotopic (exact) mass is 292 g/mol. The first-order valence-electron chi connectivity index (χ1n) is 7.02. The highest BCUT2D eigenvalue weighted by molar-refractivity contribution is 5.42. The van der Waals surface area contributed by atoms with E-state index in [1.54, 1.807) is 32.4 Å². The van der Waals surface area contributed by atoms with Crippen molar-refractivity contribution < 1.29 is 14.2 Å². The molecule has 0 spiro atoms. The third-order valence-corrected chi connectivity index (χ3v) is 3.17. The number of hydrogen-bond donors (Lipinski definition) is 1. The molecule has 0 fully saturated rings. The first-order valence-corrected chi connectivity index (χ1v) is 7.02. The Hall–Kier alpha value is -1.93. The Bertz CT molecular complexity index is 477. The zero-order valence-electron chi connectivity index (χ0n) is 13.4. The van der Waals surface area contributed by atoms with Gasteiger partial charge in [-0.3, -0.25) is 5.32 Å². The second-order valence-electron chi connectivity index (χ2n) is 5.16. The van der Waals surface area contributed by atoms with Gasteiger partial charge >= 0.3 is 0 Å². The summed E-state index contributed by atoms with van der Waals surface area (Å²) in [6.07, 6.45) is 0.460. The molecule has 0 aliphatic carbocycles. The molecule has 0 aliphatic heterocycles. The number of benzene rings is 1. The zero-order chi connectivity index (χ0) is 15.9. The summed E-state index contributed by atoms with van der Waals surface area (Å²) >= 11 is 0. The predicted molar refractivity (Wildman–Crippen MR) is 81.9 cm³/mol. The Labute approximate surface area is 126 Å². The lowest BCUT2D eigenvalue weighted by atomic mass is 9.96. The predicted octanol–water partition coefficient (Wildman–Crippen LogP) is 2.75. The second kappa shape index (κ2) is 7.75. The summed E-state index contributed by atoms with van der Waals surface area (Å²) in [7, 11) is 3.19. The first kappa shape index (κ1) is 17.1. The van der Waals surface area contributed by atoms with Crippen molar-refractivity contribution in [1.29, 1.82) is 5.26 Å². The van der Waals surface area contributed by atoms with Gasteiger partial charge in [0.15, 0.2) is 0 Å². The summed E-state index contributed by atoms with van der Waals surface area (Å²) in [6.45, 7) is 6.54. The van der Waals surface area contributed by atoms with E-state index in [0.29, 0.717) is 23.7 Å². The highest BCUT2D eigenvalue weighted by Crippen LogP contribution is 2.29. The van der Waals surface area contributed by atoms with E-state index in [2.05, 4.69) is 11.4 Å². The largest absolute Gasteiger partial charge is 0.496 e. The molecular weight excluding hydrogens is 268 g/mol. The number of nitriles is 1. The third kappa shape index (κ3) is 5.16. The van der Waals surface area contributed by atoms with E-state index in [0.717, 1.165) is 6.54 Å². The molecule has 0 bridgehead atoms. The van der Waals surface area contributed by atoms with Crippen molar-refractivity contribution in [1.82, 2.24) is 5.32 Å². The van der Waals surface area contributed by atoms with Gasteiger partial charge in [0.2, 0.25) is 0 Å². The molecule has 5 nitrogen and oxygen atoms in total. The fourth-order valence-corrected chi connectivity index (χ4v) is 2.25. The molecule has 1 aromatic rings. The van der Waals surface area contributed by atoms with Crippen LogP contribution in [0.5, 0.6) is 17.2 Å². The summed E-state index contributed by atoms with van der Waals surface area (Å²) in [5.74, 6) is 2.01. The van der Waals surface area contributed by atoms with Crippen molar-refractivity contribution in [3.63, 3.8) is 0 Å². The molecule has 0 saturated heterocycles. The van der Waals surface area contributed by atoms with Crippen LogP contribution in [0, 0.1) is 11.3 Å². The molecule has 1 rings (SSSR count). The van der Waals surface area contributed by atoms with E-state index < -0.39 is 5.54 Å². The van der Waals surface area contributed by atoms with Crippen molar-refractivity contribution in [3.05, 3.63) is 18.2 Å². The highest BCUT2D eigenvalue weighted by Gasteiger charge is 2.26. The number of rotatable bonds is 8. The van der Waals surface area contributed by atoms with Crippen molar-refractivity contribution in [3.8, 4) is 23.3 Å². The molecule has 2 unspecified atom stereocenters. The van der Waals surface area contributed by atoms with Gasteiger partial charge in [-0.05, 0) is 20.4 Å². The fraction of sp³-hybridized carbons (Fsp3) is 0.562. The van der Waals surface area contributed by atoms with Gasteiger partial charge < -0.3 is 14.2 Å². The minimum absolute atomic E-state index is 0.120. The lowest BCUT2D eigenvalue weighted by Crippen LogP contribution is -2.44. The summed E-state index contributed by atoms with van der Waals surface area (Å²) in [6, 6.07) is 7.69.